The lowest BCUT2D eigenvalue weighted by molar-refractivity contribution is 0.906. The molecule has 26 heavy (non-hydrogen) atoms. The molecule has 5 nitrogen and oxygen atoms in total. The zero-order chi connectivity index (χ0) is 17.9. The number of nitrogens with zero attached hydrogens (tertiary/aromatic N) is 4. The molecule has 3 heterocycles. The zero-order valence-electron chi connectivity index (χ0n) is 14.4. The van der Waals surface area contributed by atoms with Crippen LogP contribution < -0.4 is 5.32 Å². The van der Waals surface area contributed by atoms with Crippen LogP contribution in [0.3, 0.4) is 0 Å². The normalized spacial score (nSPS) is 11.0. The van der Waals surface area contributed by atoms with E-state index >= 15 is 0 Å². The highest BCUT2D eigenvalue weighted by Gasteiger charge is 2.08. The maximum absolute atomic E-state index is 6.11. The van der Waals surface area contributed by atoms with Crippen molar-refractivity contribution in [2.24, 2.45) is 0 Å². The number of benzene rings is 1. The predicted molar refractivity (Wildman–Crippen MR) is 105 cm³/mol. The molecular formula is C20H18ClN5. The summed E-state index contributed by atoms with van der Waals surface area (Å²) in [5, 5.41) is 8.72. The first-order valence-corrected chi connectivity index (χ1v) is 8.83. The third kappa shape index (κ3) is 3.53. The Kier molecular flexibility index (Phi) is 4.54. The van der Waals surface area contributed by atoms with E-state index in [-0.39, 0.29) is 0 Å². The molecule has 0 fully saturated rings. The molecule has 1 aromatic carbocycles. The molecule has 4 rings (SSSR count). The summed E-state index contributed by atoms with van der Waals surface area (Å²) in [6.07, 6.45) is 4.50. The van der Waals surface area contributed by atoms with Gasteiger partial charge in [-0.15, -0.1) is 5.10 Å². The Morgan fingerprint density at radius 3 is 2.85 bits per heavy atom. The summed E-state index contributed by atoms with van der Waals surface area (Å²) in [5.41, 5.74) is 4.98. The van der Waals surface area contributed by atoms with E-state index in [1.165, 1.54) is 5.56 Å². The summed E-state index contributed by atoms with van der Waals surface area (Å²) >= 11 is 6.11. The van der Waals surface area contributed by atoms with Gasteiger partial charge in [0.2, 0.25) is 0 Å². The van der Waals surface area contributed by atoms with Crippen LogP contribution in [0.2, 0.25) is 5.02 Å². The quantitative estimate of drug-likeness (QED) is 0.570. The van der Waals surface area contributed by atoms with Crippen molar-refractivity contribution in [3.05, 3.63) is 77.2 Å². The Morgan fingerprint density at radius 1 is 1.08 bits per heavy atom. The Morgan fingerprint density at radius 2 is 2.00 bits per heavy atom. The van der Waals surface area contributed by atoms with E-state index in [1.807, 2.05) is 59.4 Å². The summed E-state index contributed by atoms with van der Waals surface area (Å²) in [6, 6.07) is 15.7. The van der Waals surface area contributed by atoms with Gasteiger partial charge >= 0.3 is 0 Å². The number of halogens is 1. The summed E-state index contributed by atoms with van der Waals surface area (Å²) in [5.74, 6) is 0.798. The average molecular weight is 364 g/mol. The van der Waals surface area contributed by atoms with Crippen LogP contribution in [0, 0.1) is 6.92 Å². The number of aryl methyl sites for hydroxylation is 1. The molecule has 4 aromatic rings. The van der Waals surface area contributed by atoms with E-state index in [9.17, 15) is 0 Å². The summed E-state index contributed by atoms with van der Waals surface area (Å²) in [6.45, 7) is 2.83. The minimum Gasteiger partial charge on any atom is -0.368 e. The number of hydrogen-bond acceptors (Lipinski definition) is 4. The number of rotatable bonds is 5. The number of nitrogens with one attached hydrogen (secondary N) is 1. The third-order valence-corrected chi connectivity index (χ3v) is 4.38. The van der Waals surface area contributed by atoms with E-state index in [4.69, 9.17) is 11.6 Å². The molecule has 0 aliphatic heterocycles. The Balaban J connectivity index is 1.54. The molecule has 0 unspecified atom stereocenters. The van der Waals surface area contributed by atoms with Crippen LogP contribution in [-0.4, -0.2) is 26.1 Å². The molecule has 130 valence electrons. The van der Waals surface area contributed by atoms with Gasteiger partial charge in [0.05, 0.1) is 11.9 Å². The molecule has 0 spiro atoms. The highest BCUT2D eigenvalue weighted by molar-refractivity contribution is 6.30. The molecule has 0 atom stereocenters. The highest BCUT2D eigenvalue weighted by Crippen LogP contribution is 2.23. The van der Waals surface area contributed by atoms with E-state index in [1.54, 1.807) is 0 Å². The van der Waals surface area contributed by atoms with E-state index in [2.05, 4.69) is 33.4 Å². The molecule has 0 aliphatic rings. The smallest absolute Gasteiger partial charge is 0.154 e. The molecule has 0 amide bonds. The Bertz CT molecular complexity index is 1060. The fourth-order valence-electron chi connectivity index (χ4n) is 2.87. The van der Waals surface area contributed by atoms with Crippen molar-refractivity contribution in [3.8, 4) is 11.3 Å². The topological polar surface area (TPSA) is 55.1 Å². The van der Waals surface area contributed by atoms with Gasteiger partial charge in [-0.3, -0.25) is 4.98 Å². The second kappa shape index (κ2) is 7.14. The molecular weight excluding hydrogens is 346 g/mol. The first-order valence-electron chi connectivity index (χ1n) is 8.45. The van der Waals surface area contributed by atoms with E-state index in [0.717, 1.165) is 41.4 Å². The van der Waals surface area contributed by atoms with Gasteiger partial charge in [-0.2, -0.15) is 0 Å². The van der Waals surface area contributed by atoms with Crippen molar-refractivity contribution in [2.75, 3.05) is 11.9 Å². The Labute approximate surface area is 156 Å². The molecule has 3 aromatic heterocycles. The van der Waals surface area contributed by atoms with Crippen LogP contribution in [0.15, 0.2) is 60.9 Å². The minimum absolute atomic E-state index is 0.692. The second-order valence-electron chi connectivity index (χ2n) is 6.14. The predicted octanol–water partition coefficient (Wildman–Crippen LogP) is 4.41. The zero-order valence-corrected chi connectivity index (χ0v) is 15.1. The standard InChI is InChI=1S/C20H18ClN5/c1-14-7-9-22-17(11-14)8-10-23-19-5-6-20-24-13-18(26(20)25-19)15-3-2-4-16(21)12-15/h2-7,9,11-13H,8,10H2,1H3,(H,23,25). The van der Waals surface area contributed by atoms with Gasteiger partial charge in [-0.25, -0.2) is 9.50 Å². The average Bonchev–Trinajstić information content (AvgIpc) is 3.05. The molecule has 0 radical (unpaired) electrons. The molecule has 6 heteroatoms. The van der Waals surface area contributed by atoms with Crippen molar-refractivity contribution in [1.82, 2.24) is 19.6 Å². The molecule has 0 saturated heterocycles. The van der Waals surface area contributed by atoms with Gasteiger partial charge in [0.15, 0.2) is 5.65 Å². The second-order valence-corrected chi connectivity index (χ2v) is 6.58. The number of aromatic nitrogens is 4. The lowest BCUT2D eigenvalue weighted by atomic mass is 10.2. The van der Waals surface area contributed by atoms with Crippen LogP contribution >= 0.6 is 11.6 Å². The Hall–Kier alpha value is -2.92. The largest absolute Gasteiger partial charge is 0.368 e. The summed E-state index contributed by atoms with van der Waals surface area (Å²) in [7, 11) is 0. The van der Waals surface area contributed by atoms with Gasteiger partial charge < -0.3 is 5.32 Å². The number of imidazole rings is 1. The van der Waals surface area contributed by atoms with Crippen LogP contribution in [0.5, 0.6) is 0 Å². The third-order valence-electron chi connectivity index (χ3n) is 4.14. The van der Waals surface area contributed by atoms with Crippen LogP contribution in [0.1, 0.15) is 11.3 Å². The monoisotopic (exact) mass is 363 g/mol. The molecule has 1 N–H and O–H groups in total. The van der Waals surface area contributed by atoms with E-state index < -0.39 is 0 Å². The van der Waals surface area contributed by atoms with Gasteiger partial charge in [0, 0.05) is 35.4 Å². The fourth-order valence-corrected chi connectivity index (χ4v) is 3.06. The van der Waals surface area contributed by atoms with Crippen LogP contribution in [0.25, 0.3) is 16.9 Å². The maximum atomic E-state index is 6.11. The van der Waals surface area contributed by atoms with E-state index in [0.29, 0.717) is 5.02 Å². The van der Waals surface area contributed by atoms with Gasteiger partial charge in [-0.1, -0.05) is 23.7 Å². The summed E-state index contributed by atoms with van der Waals surface area (Å²) < 4.78 is 1.83. The number of hydrogen-bond donors (Lipinski definition) is 1. The van der Waals surface area contributed by atoms with Crippen LogP contribution in [-0.2, 0) is 6.42 Å². The minimum atomic E-state index is 0.692. The molecule has 0 saturated carbocycles. The van der Waals surface area contributed by atoms with Crippen LogP contribution in [0.4, 0.5) is 5.82 Å². The van der Waals surface area contributed by atoms with Gasteiger partial charge in [0.25, 0.3) is 0 Å². The lowest BCUT2D eigenvalue weighted by Gasteiger charge is -2.07. The number of anilines is 1. The van der Waals surface area contributed by atoms with Gasteiger partial charge in [0.1, 0.15) is 5.82 Å². The number of pyridine rings is 1. The summed E-state index contributed by atoms with van der Waals surface area (Å²) in [4.78, 5) is 8.81. The van der Waals surface area contributed by atoms with Gasteiger partial charge in [-0.05, 0) is 48.9 Å². The van der Waals surface area contributed by atoms with Crippen molar-refractivity contribution in [3.63, 3.8) is 0 Å². The first-order chi connectivity index (χ1) is 12.7. The van der Waals surface area contributed by atoms with Crippen molar-refractivity contribution >= 4 is 23.1 Å². The van der Waals surface area contributed by atoms with Crippen molar-refractivity contribution < 1.29 is 0 Å². The SMILES string of the molecule is Cc1ccnc(CCNc2ccc3ncc(-c4cccc(Cl)c4)n3n2)c1. The molecule has 0 aliphatic carbocycles. The van der Waals surface area contributed by atoms with Crippen molar-refractivity contribution in [1.29, 1.82) is 0 Å². The first kappa shape index (κ1) is 16.5. The molecule has 0 bridgehead atoms. The lowest BCUT2D eigenvalue weighted by Crippen LogP contribution is -2.09. The highest BCUT2D eigenvalue weighted by atomic mass is 35.5. The number of fused-ring (bicyclic) bond motifs is 1. The maximum Gasteiger partial charge on any atom is 0.154 e. The van der Waals surface area contributed by atoms with Crippen molar-refractivity contribution in [2.45, 2.75) is 13.3 Å². The fraction of sp³-hybridized carbons (Fsp3) is 0.150.